The third kappa shape index (κ3) is 1.55. The first kappa shape index (κ1) is 8.58. The molecule has 0 radical (unpaired) electrons. The molecule has 1 aromatic heterocycles. The molecule has 0 aliphatic heterocycles. The fourth-order valence-corrected chi connectivity index (χ4v) is 0.801. The first-order valence-electron chi connectivity index (χ1n) is 3.14. The number of hydrogen-bond donors (Lipinski definition) is 1. The molecule has 0 saturated heterocycles. The predicted octanol–water partition coefficient (Wildman–Crippen LogP) is 1.12. The Morgan fingerprint density at radius 3 is 2.67 bits per heavy atom. The number of nitrogens with two attached hydrogens (primary N) is 1. The first-order chi connectivity index (χ1) is 5.63. The summed E-state index contributed by atoms with van der Waals surface area (Å²) in [5.74, 6) is -0.890. The number of rotatable bonds is 2. The van der Waals surface area contributed by atoms with Gasteiger partial charge in [0.15, 0.2) is 0 Å². The van der Waals surface area contributed by atoms with Crippen molar-refractivity contribution in [2.45, 2.75) is 6.43 Å². The van der Waals surface area contributed by atoms with Crippen molar-refractivity contribution < 1.29 is 13.6 Å². The number of nitrogens with zero attached hydrogens (tertiary/aromatic N) is 1. The van der Waals surface area contributed by atoms with Gasteiger partial charge in [0, 0.05) is 18.0 Å². The van der Waals surface area contributed by atoms with Gasteiger partial charge in [0.05, 0.1) is 5.56 Å². The van der Waals surface area contributed by atoms with Gasteiger partial charge in [0.1, 0.15) is 0 Å². The summed E-state index contributed by atoms with van der Waals surface area (Å²) in [5.41, 5.74) is 4.23. The van der Waals surface area contributed by atoms with Gasteiger partial charge >= 0.3 is 0 Å². The lowest BCUT2D eigenvalue weighted by atomic mass is 10.1. The van der Waals surface area contributed by atoms with Gasteiger partial charge in [-0.2, -0.15) is 0 Å². The summed E-state index contributed by atoms with van der Waals surface area (Å²) in [5, 5.41) is 0. The highest BCUT2D eigenvalue weighted by Crippen LogP contribution is 2.21. The topological polar surface area (TPSA) is 56.0 Å². The lowest BCUT2D eigenvalue weighted by Gasteiger charge is -2.02. The molecule has 0 atom stereocenters. The Bertz CT molecular complexity index is 301. The van der Waals surface area contributed by atoms with Crippen LogP contribution in [0.4, 0.5) is 8.78 Å². The number of carbonyl (C=O) groups is 1. The molecule has 5 heteroatoms. The van der Waals surface area contributed by atoms with E-state index in [1.54, 1.807) is 0 Å². The zero-order valence-electron chi connectivity index (χ0n) is 6.00. The van der Waals surface area contributed by atoms with E-state index < -0.39 is 12.3 Å². The van der Waals surface area contributed by atoms with Crippen molar-refractivity contribution in [3.8, 4) is 0 Å². The maximum atomic E-state index is 12.2. The maximum absolute atomic E-state index is 12.2. The molecule has 1 aromatic rings. The molecule has 1 heterocycles. The van der Waals surface area contributed by atoms with E-state index >= 15 is 0 Å². The van der Waals surface area contributed by atoms with E-state index in [9.17, 15) is 13.6 Å². The maximum Gasteiger partial charge on any atom is 0.264 e. The predicted molar refractivity (Wildman–Crippen MR) is 37.7 cm³/mol. The molecule has 1 rings (SSSR count). The van der Waals surface area contributed by atoms with Crippen LogP contribution in [-0.4, -0.2) is 10.9 Å². The van der Waals surface area contributed by atoms with E-state index in [-0.39, 0.29) is 11.1 Å². The van der Waals surface area contributed by atoms with Crippen LogP contribution in [0, 0.1) is 0 Å². The number of pyridine rings is 1. The SMILES string of the molecule is NC(=O)c1cnccc1C(F)F. The molecule has 0 bridgehead atoms. The average Bonchev–Trinajstić information content (AvgIpc) is 2.04. The molecule has 3 nitrogen and oxygen atoms in total. The van der Waals surface area contributed by atoms with Crippen LogP contribution in [-0.2, 0) is 0 Å². The zero-order chi connectivity index (χ0) is 9.14. The van der Waals surface area contributed by atoms with Gasteiger partial charge < -0.3 is 5.73 Å². The third-order valence-corrected chi connectivity index (χ3v) is 1.36. The van der Waals surface area contributed by atoms with E-state index in [0.29, 0.717) is 0 Å². The Morgan fingerprint density at radius 1 is 1.58 bits per heavy atom. The van der Waals surface area contributed by atoms with Gasteiger partial charge in [0.2, 0.25) is 0 Å². The van der Waals surface area contributed by atoms with Crippen LogP contribution in [0.5, 0.6) is 0 Å². The third-order valence-electron chi connectivity index (χ3n) is 1.36. The van der Waals surface area contributed by atoms with Crippen molar-refractivity contribution in [3.63, 3.8) is 0 Å². The molecule has 64 valence electrons. The van der Waals surface area contributed by atoms with Crippen LogP contribution in [0.15, 0.2) is 18.5 Å². The Kier molecular flexibility index (Phi) is 2.32. The van der Waals surface area contributed by atoms with Crippen LogP contribution < -0.4 is 5.73 Å². The van der Waals surface area contributed by atoms with Crippen molar-refractivity contribution in [1.82, 2.24) is 4.98 Å². The van der Waals surface area contributed by atoms with Gasteiger partial charge in [-0.1, -0.05) is 0 Å². The van der Waals surface area contributed by atoms with Gasteiger partial charge in [-0.25, -0.2) is 8.78 Å². The summed E-state index contributed by atoms with van der Waals surface area (Å²) >= 11 is 0. The fraction of sp³-hybridized carbons (Fsp3) is 0.143. The number of halogens is 2. The normalized spacial score (nSPS) is 10.2. The van der Waals surface area contributed by atoms with E-state index in [1.807, 2.05) is 0 Å². The van der Waals surface area contributed by atoms with E-state index in [4.69, 9.17) is 5.73 Å². The monoisotopic (exact) mass is 172 g/mol. The molecule has 12 heavy (non-hydrogen) atoms. The van der Waals surface area contributed by atoms with Crippen LogP contribution in [0.3, 0.4) is 0 Å². The zero-order valence-corrected chi connectivity index (χ0v) is 6.00. The van der Waals surface area contributed by atoms with Crippen LogP contribution in [0.25, 0.3) is 0 Å². The molecule has 0 spiro atoms. The van der Waals surface area contributed by atoms with Crippen LogP contribution in [0.2, 0.25) is 0 Å². The second kappa shape index (κ2) is 3.25. The molecule has 0 aromatic carbocycles. The molecule has 0 saturated carbocycles. The summed E-state index contributed by atoms with van der Waals surface area (Å²) in [6.07, 6.45) is -0.479. The smallest absolute Gasteiger partial charge is 0.264 e. The van der Waals surface area contributed by atoms with Gasteiger partial charge in [-0.15, -0.1) is 0 Å². The van der Waals surface area contributed by atoms with Gasteiger partial charge in [-0.05, 0) is 6.07 Å². The molecule has 2 N–H and O–H groups in total. The minimum atomic E-state index is -2.70. The minimum Gasteiger partial charge on any atom is -0.366 e. The van der Waals surface area contributed by atoms with Gasteiger partial charge in [-0.3, -0.25) is 9.78 Å². The standard InChI is InChI=1S/C7H6F2N2O/c8-6(9)4-1-2-11-3-5(4)7(10)12/h1-3,6H,(H2,10,12). The van der Waals surface area contributed by atoms with Crippen molar-refractivity contribution in [1.29, 1.82) is 0 Å². The highest BCUT2D eigenvalue weighted by Gasteiger charge is 2.15. The molecule has 1 amide bonds. The Balaban J connectivity index is 3.17. The second-order valence-electron chi connectivity index (χ2n) is 2.13. The molecule has 0 fully saturated rings. The molecular formula is C7H6F2N2O. The quantitative estimate of drug-likeness (QED) is 0.726. The average molecular weight is 172 g/mol. The highest BCUT2D eigenvalue weighted by atomic mass is 19.3. The molecule has 0 aliphatic rings. The fourth-order valence-electron chi connectivity index (χ4n) is 0.801. The van der Waals surface area contributed by atoms with Crippen LogP contribution >= 0.6 is 0 Å². The van der Waals surface area contributed by atoms with E-state index in [2.05, 4.69) is 4.98 Å². The number of primary amides is 1. The number of aromatic nitrogens is 1. The number of carbonyl (C=O) groups excluding carboxylic acids is 1. The molecule has 0 unspecified atom stereocenters. The summed E-state index contributed by atoms with van der Waals surface area (Å²) in [6, 6.07) is 1.07. The van der Waals surface area contributed by atoms with Crippen molar-refractivity contribution >= 4 is 5.91 Å². The van der Waals surface area contributed by atoms with E-state index in [1.165, 1.54) is 6.20 Å². The van der Waals surface area contributed by atoms with Gasteiger partial charge in [0.25, 0.3) is 12.3 Å². The lowest BCUT2D eigenvalue weighted by Crippen LogP contribution is -2.14. The van der Waals surface area contributed by atoms with E-state index in [0.717, 1.165) is 12.3 Å². The number of hydrogen-bond acceptors (Lipinski definition) is 2. The second-order valence-corrected chi connectivity index (χ2v) is 2.13. The number of amides is 1. The van der Waals surface area contributed by atoms with Crippen LogP contribution in [0.1, 0.15) is 22.3 Å². The molecular weight excluding hydrogens is 166 g/mol. The largest absolute Gasteiger partial charge is 0.366 e. The van der Waals surface area contributed by atoms with Crippen molar-refractivity contribution in [2.24, 2.45) is 5.73 Å². The van der Waals surface area contributed by atoms with Crippen molar-refractivity contribution in [3.05, 3.63) is 29.6 Å². The lowest BCUT2D eigenvalue weighted by molar-refractivity contribution is 0.0985. The minimum absolute atomic E-state index is 0.229. The first-order valence-corrected chi connectivity index (χ1v) is 3.14. The Hall–Kier alpha value is -1.52. The summed E-state index contributed by atoms with van der Waals surface area (Å²) < 4.78 is 24.3. The Labute approximate surface area is 67.2 Å². The van der Waals surface area contributed by atoms with Crippen molar-refractivity contribution in [2.75, 3.05) is 0 Å². The summed E-state index contributed by atoms with van der Waals surface area (Å²) in [7, 11) is 0. The molecule has 0 aliphatic carbocycles. The number of alkyl halides is 2. The Morgan fingerprint density at radius 2 is 2.25 bits per heavy atom. The summed E-state index contributed by atoms with van der Waals surface area (Å²) in [4.78, 5) is 14.1. The summed E-state index contributed by atoms with van der Waals surface area (Å²) in [6.45, 7) is 0. The highest BCUT2D eigenvalue weighted by molar-refractivity contribution is 5.94.